The molecule has 2 aromatic heterocycles. The van der Waals surface area contributed by atoms with Crippen LogP contribution in [0, 0.1) is 20.8 Å². The van der Waals surface area contributed by atoms with Crippen molar-refractivity contribution in [1.29, 1.82) is 0 Å². The molecule has 4 rings (SSSR count). The molecule has 4 aromatic rings. The Labute approximate surface area is 175 Å². The second kappa shape index (κ2) is 7.84. The Morgan fingerprint density at radius 3 is 2.41 bits per heavy atom. The van der Waals surface area contributed by atoms with E-state index in [1.54, 1.807) is 0 Å². The van der Waals surface area contributed by atoms with E-state index in [1.165, 1.54) is 11.8 Å². The molecule has 0 aliphatic rings. The first-order valence-corrected chi connectivity index (χ1v) is 10.5. The van der Waals surface area contributed by atoms with Crippen molar-refractivity contribution in [2.75, 3.05) is 0 Å². The lowest BCUT2D eigenvalue weighted by Gasteiger charge is -2.13. The number of carbonyl (C=O) groups excluding carboxylic acids is 1. The second-order valence-electron chi connectivity index (χ2n) is 7.17. The van der Waals surface area contributed by atoms with Crippen LogP contribution in [0.5, 0.6) is 0 Å². The SMILES string of the molecule is Cc1nc(S[C@@H](C)C(=O)c2cc(C)n(-c3ccccc3)c2C)c2ccccc2n1. The summed E-state index contributed by atoms with van der Waals surface area (Å²) >= 11 is 1.50. The molecule has 146 valence electrons. The number of ketones is 1. The summed E-state index contributed by atoms with van der Waals surface area (Å²) in [5.41, 5.74) is 4.76. The summed E-state index contributed by atoms with van der Waals surface area (Å²) in [5, 5.41) is 1.58. The molecule has 2 aromatic carbocycles. The van der Waals surface area contributed by atoms with Gasteiger partial charge in [-0.3, -0.25) is 4.79 Å². The number of hydrogen-bond donors (Lipinski definition) is 0. The summed E-state index contributed by atoms with van der Waals surface area (Å²) < 4.78 is 2.13. The highest BCUT2D eigenvalue weighted by Crippen LogP contribution is 2.31. The molecule has 0 amide bonds. The monoisotopic (exact) mass is 401 g/mol. The number of carbonyl (C=O) groups is 1. The fourth-order valence-electron chi connectivity index (χ4n) is 3.67. The molecular weight excluding hydrogens is 378 g/mol. The van der Waals surface area contributed by atoms with Gasteiger partial charge in [-0.2, -0.15) is 0 Å². The number of aromatic nitrogens is 3. The third kappa shape index (κ3) is 3.70. The van der Waals surface area contributed by atoms with Gasteiger partial charge in [0.15, 0.2) is 5.78 Å². The topological polar surface area (TPSA) is 47.8 Å². The highest BCUT2D eigenvalue weighted by molar-refractivity contribution is 8.00. The van der Waals surface area contributed by atoms with Crippen LogP contribution < -0.4 is 0 Å². The number of rotatable bonds is 5. The number of Topliss-reactive ketones (excluding diaryl/α,β-unsaturated/α-hetero) is 1. The molecule has 2 heterocycles. The number of hydrogen-bond acceptors (Lipinski definition) is 4. The Hall–Kier alpha value is -2.92. The fraction of sp³-hybridized carbons (Fsp3) is 0.208. The van der Waals surface area contributed by atoms with Gasteiger partial charge in [-0.25, -0.2) is 9.97 Å². The smallest absolute Gasteiger partial charge is 0.177 e. The summed E-state index contributed by atoms with van der Waals surface area (Å²) in [7, 11) is 0. The van der Waals surface area contributed by atoms with Gasteiger partial charge in [0.25, 0.3) is 0 Å². The van der Waals surface area contributed by atoms with Gasteiger partial charge in [0.05, 0.1) is 10.8 Å². The van der Waals surface area contributed by atoms with E-state index in [0.717, 1.165) is 38.6 Å². The minimum Gasteiger partial charge on any atom is -0.318 e. The number of thioether (sulfide) groups is 1. The zero-order valence-corrected chi connectivity index (χ0v) is 17.8. The maximum Gasteiger partial charge on any atom is 0.177 e. The second-order valence-corrected chi connectivity index (χ2v) is 8.50. The summed E-state index contributed by atoms with van der Waals surface area (Å²) in [6.45, 7) is 7.88. The van der Waals surface area contributed by atoms with Crippen LogP contribution in [-0.2, 0) is 0 Å². The quantitative estimate of drug-likeness (QED) is 0.244. The molecule has 0 spiro atoms. The Morgan fingerprint density at radius 1 is 0.966 bits per heavy atom. The standard InChI is InChI=1S/C24H23N3OS/c1-15-14-21(16(2)27(15)19-10-6-5-7-11-19)23(28)17(3)29-24-20-12-8-9-13-22(20)25-18(4)26-24/h5-14,17H,1-4H3/t17-/m0/s1. The molecule has 29 heavy (non-hydrogen) atoms. The molecule has 1 atom stereocenters. The maximum absolute atomic E-state index is 13.3. The van der Waals surface area contributed by atoms with Crippen LogP contribution in [0.25, 0.3) is 16.6 Å². The number of aryl methyl sites for hydroxylation is 2. The van der Waals surface area contributed by atoms with Gasteiger partial charge in [0, 0.05) is 28.0 Å². The van der Waals surface area contributed by atoms with Crippen molar-refractivity contribution in [1.82, 2.24) is 14.5 Å². The molecule has 0 aliphatic heterocycles. The van der Waals surface area contributed by atoms with Gasteiger partial charge >= 0.3 is 0 Å². The lowest BCUT2D eigenvalue weighted by molar-refractivity contribution is 0.0993. The van der Waals surface area contributed by atoms with Crippen molar-refractivity contribution in [2.45, 2.75) is 38.0 Å². The van der Waals surface area contributed by atoms with Crippen LogP contribution in [-0.4, -0.2) is 25.6 Å². The van der Waals surface area contributed by atoms with Gasteiger partial charge in [-0.15, -0.1) is 0 Å². The van der Waals surface area contributed by atoms with Crippen LogP contribution in [0.15, 0.2) is 65.7 Å². The number of benzene rings is 2. The molecule has 0 unspecified atom stereocenters. The molecule has 0 saturated heterocycles. The maximum atomic E-state index is 13.3. The van der Waals surface area contributed by atoms with Crippen molar-refractivity contribution in [2.24, 2.45) is 0 Å². The van der Waals surface area contributed by atoms with Crippen LogP contribution in [0.4, 0.5) is 0 Å². The highest BCUT2D eigenvalue weighted by Gasteiger charge is 2.23. The molecule has 5 heteroatoms. The minimum absolute atomic E-state index is 0.116. The largest absolute Gasteiger partial charge is 0.318 e. The van der Waals surface area contributed by atoms with Crippen LogP contribution in [0.3, 0.4) is 0 Å². The number of fused-ring (bicyclic) bond motifs is 1. The summed E-state index contributed by atoms with van der Waals surface area (Å²) in [5.74, 6) is 0.832. The molecular formula is C24H23N3OS. The van der Waals surface area contributed by atoms with Crippen molar-refractivity contribution >= 4 is 28.4 Å². The van der Waals surface area contributed by atoms with Crippen molar-refractivity contribution in [3.8, 4) is 5.69 Å². The van der Waals surface area contributed by atoms with Gasteiger partial charge in [0.1, 0.15) is 10.9 Å². The van der Waals surface area contributed by atoms with E-state index in [1.807, 2.05) is 76.2 Å². The average molecular weight is 402 g/mol. The molecule has 0 radical (unpaired) electrons. The van der Waals surface area contributed by atoms with E-state index < -0.39 is 0 Å². The Kier molecular flexibility index (Phi) is 5.24. The normalized spacial score (nSPS) is 12.3. The van der Waals surface area contributed by atoms with E-state index in [9.17, 15) is 4.79 Å². The third-order valence-corrected chi connectivity index (χ3v) is 6.15. The number of nitrogens with zero attached hydrogens (tertiary/aromatic N) is 3. The molecule has 0 fully saturated rings. The zero-order valence-electron chi connectivity index (χ0n) is 17.0. The van der Waals surface area contributed by atoms with Crippen LogP contribution >= 0.6 is 11.8 Å². The molecule has 0 saturated carbocycles. The first kappa shape index (κ1) is 19.4. The van der Waals surface area contributed by atoms with Gasteiger partial charge in [-0.1, -0.05) is 48.2 Å². The van der Waals surface area contributed by atoms with Crippen LogP contribution in [0.2, 0.25) is 0 Å². The lowest BCUT2D eigenvalue weighted by atomic mass is 10.1. The predicted octanol–water partition coefficient (Wildman–Crippen LogP) is 5.71. The van der Waals surface area contributed by atoms with E-state index in [2.05, 4.69) is 26.7 Å². The van der Waals surface area contributed by atoms with Gasteiger partial charge in [0.2, 0.25) is 0 Å². The Bertz CT molecular complexity index is 1200. The summed E-state index contributed by atoms with van der Waals surface area (Å²) in [4.78, 5) is 22.4. The predicted molar refractivity (Wildman–Crippen MR) is 119 cm³/mol. The third-order valence-electron chi connectivity index (χ3n) is 5.05. The van der Waals surface area contributed by atoms with Crippen molar-refractivity contribution in [3.63, 3.8) is 0 Å². The fourth-order valence-corrected chi connectivity index (χ4v) is 4.73. The molecule has 0 aliphatic carbocycles. The summed E-state index contributed by atoms with van der Waals surface area (Å²) in [6.07, 6.45) is 0. The van der Waals surface area contributed by atoms with Gasteiger partial charge < -0.3 is 4.57 Å². The first-order valence-electron chi connectivity index (χ1n) is 9.64. The molecule has 4 nitrogen and oxygen atoms in total. The zero-order chi connectivity index (χ0) is 20.5. The van der Waals surface area contributed by atoms with Crippen LogP contribution in [0.1, 0.15) is 34.5 Å². The minimum atomic E-state index is -0.252. The van der Waals surface area contributed by atoms with E-state index in [-0.39, 0.29) is 11.0 Å². The van der Waals surface area contributed by atoms with E-state index >= 15 is 0 Å². The lowest BCUT2D eigenvalue weighted by Crippen LogP contribution is -2.15. The Morgan fingerprint density at radius 2 is 1.66 bits per heavy atom. The summed E-state index contributed by atoms with van der Waals surface area (Å²) in [6, 6.07) is 20.1. The molecule has 0 N–H and O–H groups in total. The highest BCUT2D eigenvalue weighted by atomic mass is 32.2. The van der Waals surface area contributed by atoms with Gasteiger partial charge in [-0.05, 0) is 52.0 Å². The van der Waals surface area contributed by atoms with Crippen molar-refractivity contribution < 1.29 is 4.79 Å². The Balaban J connectivity index is 1.66. The average Bonchev–Trinajstić information content (AvgIpc) is 3.01. The molecule has 0 bridgehead atoms. The van der Waals surface area contributed by atoms with E-state index in [0.29, 0.717) is 5.82 Å². The number of para-hydroxylation sites is 2. The first-order chi connectivity index (χ1) is 14.0. The van der Waals surface area contributed by atoms with E-state index in [4.69, 9.17) is 0 Å². The van der Waals surface area contributed by atoms with Crippen molar-refractivity contribution in [3.05, 3.63) is 83.4 Å².